The number of nitrogen functional groups attached to an aromatic ring is 1. The number of hydrogen-bond acceptors (Lipinski definition) is 2. The molecule has 0 aromatic heterocycles. The van der Waals surface area contributed by atoms with Gasteiger partial charge in [-0.3, -0.25) is 4.79 Å². The van der Waals surface area contributed by atoms with Crippen LogP contribution in [0.25, 0.3) is 0 Å². The number of aryl methyl sites for hydroxylation is 1. The highest BCUT2D eigenvalue weighted by molar-refractivity contribution is 9.10. The Hall–Kier alpha value is -1.81. The van der Waals surface area contributed by atoms with Crippen LogP contribution in [0.15, 0.2) is 46.9 Å². The summed E-state index contributed by atoms with van der Waals surface area (Å²) in [6.07, 6.45) is 0.334. The van der Waals surface area contributed by atoms with Crippen LogP contribution in [-0.4, -0.2) is 5.91 Å². The molecule has 0 spiro atoms. The van der Waals surface area contributed by atoms with Gasteiger partial charge < -0.3 is 11.1 Å². The van der Waals surface area contributed by atoms with E-state index in [0.717, 1.165) is 15.6 Å². The molecule has 0 aliphatic rings. The second kappa shape index (κ2) is 5.89. The molecule has 98 valence electrons. The molecule has 0 aliphatic heterocycles. The Morgan fingerprint density at radius 2 is 1.95 bits per heavy atom. The van der Waals surface area contributed by atoms with E-state index < -0.39 is 0 Å². The summed E-state index contributed by atoms with van der Waals surface area (Å²) in [4.78, 5) is 12.0. The normalized spacial score (nSPS) is 10.2. The van der Waals surface area contributed by atoms with Gasteiger partial charge in [-0.2, -0.15) is 0 Å². The summed E-state index contributed by atoms with van der Waals surface area (Å²) in [6, 6.07) is 13.4. The van der Waals surface area contributed by atoms with Gasteiger partial charge in [0.1, 0.15) is 0 Å². The fourth-order valence-electron chi connectivity index (χ4n) is 1.87. The van der Waals surface area contributed by atoms with Crippen LogP contribution in [0.2, 0.25) is 0 Å². The van der Waals surface area contributed by atoms with Crippen LogP contribution in [-0.2, 0) is 11.2 Å². The highest BCUT2D eigenvalue weighted by atomic mass is 79.9. The van der Waals surface area contributed by atoms with Gasteiger partial charge in [-0.15, -0.1) is 0 Å². The van der Waals surface area contributed by atoms with Gasteiger partial charge in [0.05, 0.1) is 17.8 Å². The van der Waals surface area contributed by atoms with E-state index in [1.165, 1.54) is 0 Å². The lowest BCUT2D eigenvalue weighted by atomic mass is 10.1. The molecule has 0 saturated heterocycles. The lowest BCUT2D eigenvalue weighted by molar-refractivity contribution is -0.115. The summed E-state index contributed by atoms with van der Waals surface area (Å²) >= 11 is 3.42. The molecule has 0 radical (unpaired) electrons. The van der Waals surface area contributed by atoms with E-state index in [-0.39, 0.29) is 5.91 Å². The molecule has 1 amide bonds. The first kappa shape index (κ1) is 13.6. The first-order chi connectivity index (χ1) is 9.06. The molecule has 0 aliphatic carbocycles. The van der Waals surface area contributed by atoms with Crippen molar-refractivity contribution >= 4 is 33.2 Å². The number of benzene rings is 2. The van der Waals surface area contributed by atoms with Crippen LogP contribution in [0.5, 0.6) is 0 Å². The predicted molar refractivity (Wildman–Crippen MR) is 82.1 cm³/mol. The maximum atomic E-state index is 12.0. The second-order valence-corrected chi connectivity index (χ2v) is 5.28. The number of amides is 1. The zero-order valence-corrected chi connectivity index (χ0v) is 12.2. The van der Waals surface area contributed by atoms with Crippen molar-refractivity contribution in [3.63, 3.8) is 0 Å². The quantitative estimate of drug-likeness (QED) is 0.851. The lowest BCUT2D eigenvalue weighted by Gasteiger charge is -2.11. The fourth-order valence-corrected chi connectivity index (χ4v) is 2.55. The van der Waals surface area contributed by atoms with Crippen molar-refractivity contribution < 1.29 is 4.79 Å². The lowest BCUT2D eigenvalue weighted by Crippen LogP contribution is -2.16. The molecule has 0 fully saturated rings. The standard InChI is InChI=1S/C15H15BrN2O/c1-10-7-12(16)15(13(17)8-10)18-14(19)9-11-5-3-2-4-6-11/h2-8H,9,17H2,1H3,(H,18,19). The van der Waals surface area contributed by atoms with Gasteiger partial charge in [0.2, 0.25) is 5.91 Å². The number of hydrogen-bond donors (Lipinski definition) is 2. The monoisotopic (exact) mass is 318 g/mol. The van der Waals surface area contributed by atoms with Crippen molar-refractivity contribution in [1.82, 2.24) is 0 Å². The number of nitrogens with two attached hydrogens (primary N) is 1. The average Bonchev–Trinajstić information content (AvgIpc) is 2.35. The van der Waals surface area contributed by atoms with Gasteiger partial charge >= 0.3 is 0 Å². The van der Waals surface area contributed by atoms with E-state index in [9.17, 15) is 4.79 Å². The molecule has 0 atom stereocenters. The Bertz CT molecular complexity index is 573. The zero-order chi connectivity index (χ0) is 13.8. The average molecular weight is 319 g/mol. The predicted octanol–water partition coefficient (Wildman–Crippen LogP) is 3.52. The summed E-state index contributed by atoms with van der Waals surface area (Å²) in [7, 11) is 0. The molecule has 3 nitrogen and oxygen atoms in total. The maximum absolute atomic E-state index is 12.0. The molecule has 3 N–H and O–H groups in total. The van der Waals surface area contributed by atoms with E-state index in [0.29, 0.717) is 17.8 Å². The minimum atomic E-state index is -0.0811. The van der Waals surface area contributed by atoms with Crippen LogP contribution >= 0.6 is 15.9 Å². The number of anilines is 2. The highest BCUT2D eigenvalue weighted by Crippen LogP contribution is 2.30. The summed E-state index contributed by atoms with van der Waals surface area (Å²) in [5.41, 5.74) is 9.13. The summed E-state index contributed by atoms with van der Waals surface area (Å²) in [5.74, 6) is -0.0811. The Morgan fingerprint density at radius 3 is 2.58 bits per heavy atom. The van der Waals surface area contributed by atoms with E-state index in [2.05, 4.69) is 21.2 Å². The Morgan fingerprint density at radius 1 is 1.26 bits per heavy atom. The van der Waals surface area contributed by atoms with Crippen molar-refractivity contribution in [3.05, 3.63) is 58.1 Å². The highest BCUT2D eigenvalue weighted by Gasteiger charge is 2.10. The van der Waals surface area contributed by atoms with E-state index in [1.54, 1.807) is 0 Å². The van der Waals surface area contributed by atoms with E-state index in [1.807, 2.05) is 49.4 Å². The SMILES string of the molecule is Cc1cc(N)c(NC(=O)Cc2ccccc2)c(Br)c1. The molecular formula is C15H15BrN2O. The number of rotatable bonds is 3. The van der Waals surface area contributed by atoms with Gasteiger partial charge in [0.25, 0.3) is 0 Å². The van der Waals surface area contributed by atoms with E-state index in [4.69, 9.17) is 5.73 Å². The van der Waals surface area contributed by atoms with Crippen LogP contribution in [0, 0.1) is 6.92 Å². The molecule has 2 aromatic rings. The number of carbonyl (C=O) groups is 1. The third-order valence-electron chi connectivity index (χ3n) is 2.74. The van der Waals surface area contributed by atoms with Crippen molar-refractivity contribution in [1.29, 1.82) is 0 Å². The van der Waals surface area contributed by atoms with Crippen LogP contribution in [0.4, 0.5) is 11.4 Å². The smallest absolute Gasteiger partial charge is 0.228 e. The molecule has 0 heterocycles. The van der Waals surface area contributed by atoms with Crippen molar-refractivity contribution in [2.75, 3.05) is 11.1 Å². The summed E-state index contributed by atoms with van der Waals surface area (Å²) in [6.45, 7) is 1.96. The number of nitrogens with one attached hydrogen (secondary N) is 1. The van der Waals surface area contributed by atoms with Crippen molar-refractivity contribution in [3.8, 4) is 0 Å². The molecule has 2 aromatic carbocycles. The van der Waals surface area contributed by atoms with Gasteiger partial charge in [0, 0.05) is 4.47 Å². The second-order valence-electron chi connectivity index (χ2n) is 4.42. The van der Waals surface area contributed by atoms with Gasteiger partial charge in [-0.1, -0.05) is 30.3 Å². The minimum absolute atomic E-state index is 0.0811. The number of halogens is 1. The Balaban J connectivity index is 2.12. The molecule has 0 unspecified atom stereocenters. The fraction of sp³-hybridized carbons (Fsp3) is 0.133. The minimum Gasteiger partial charge on any atom is -0.397 e. The third kappa shape index (κ3) is 3.58. The zero-order valence-electron chi connectivity index (χ0n) is 10.6. The van der Waals surface area contributed by atoms with Crippen molar-refractivity contribution in [2.24, 2.45) is 0 Å². The first-order valence-corrected chi connectivity index (χ1v) is 6.75. The number of carbonyl (C=O) groups excluding carboxylic acids is 1. The van der Waals surface area contributed by atoms with Gasteiger partial charge in [0.15, 0.2) is 0 Å². The maximum Gasteiger partial charge on any atom is 0.228 e. The molecule has 0 saturated carbocycles. The summed E-state index contributed by atoms with van der Waals surface area (Å²) < 4.78 is 0.798. The topological polar surface area (TPSA) is 55.1 Å². The molecular weight excluding hydrogens is 304 g/mol. The Kier molecular flexibility index (Phi) is 4.22. The first-order valence-electron chi connectivity index (χ1n) is 5.95. The third-order valence-corrected chi connectivity index (χ3v) is 3.36. The molecule has 4 heteroatoms. The van der Waals surface area contributed by atoms with E-state index >= 15 is 0 Å². The van der Waals surface area contributed by atoms with Crippen molar-refractivity contribution in [2.45, 2.75) is 13.3 Å². The van der Waals surface area contributed by atoms with Crippen LogP contribution in [0.1, 0.15) is 11.1 Å². The molecule has 19 heavy (non-hydrogen) atoms. The van der Waals surface area contributed by atoms with Crippen LogP contribution in [0.3, 0.4) is 0 Å². The van der Waals surface area contributed by atoms with Crippen LogP contribution < -0.4 is 11.1 Å². The van der Waals surface area contributed by atoms with Gasteiger partial charge in [-0.05, 0) is 46.1 Å². The van der Waals surface area contributed by atoms with Gasteiger partial charge in [-0.25, -0.2) is 0 Å². The Labute approximate surface area is 121 Å². The largest absolute Gasteiger partial charge is 0.397 e. The molecule has 2 rings (SSSR count). The summed E-state index contributed by atoms with van der Waals surface area (Å²) in [5, 5.41) is 2.84. The molecule has 0 bridgehead atoms.